The first-order valence-corrected chi connectivity index (χ1v) is 9.42. The molecule has 3 rings (SSSR count). The normalized spacial score (nSPS) is 20.8. The molecule has 0 aliphatic carbocycles. The molecule has 1 fully saturated rings. The average Bonchev–Trinajstić information content (AvgIpc) is 3.08. The molecule has 136 valence electrons. The number of hydrogen-bond acceptors (Lipinski definition) is 6. The Labute approximate surface area is 161 Å². The van der Waals surface area contributed by atoms with Gasteiger partial charge in [0, 0.05) is 30.7 Å². The van der Waals surface area contributed by atoms with Gasteiger partial charge in [-0.05, 0) is 51.8 Å². The molecule has 1 aromatic carbocycles. The maximum absolute atomic E-state index is 11.6. The molecule has 10 heteroatoms. The molecule has 25 heavy (non-hydrogen) atoms. The second kappa shape index (κ2) is 6.82. The van der Waals surface area contributed by atoms with Gasteiger partial charge in [0.2, 0.25) is 5.95 Å². The molecule has 2 N–H and O–H groups in total. The number of hydrogen-bond donors (Lipinski definition) is 1. The van der Waals surface area contributed by atoms with Gasteiger partial charge in [0.05, 0.1) is 22.6 Å². The fourth-order valence-corrected chi connectivity index (χ4v) is 4.11. The summed E-state index contributed by atoms with van der Waals surface area (Å²) in [6, 6.07) is 1.80. The van der Waals surface area contributed by atoms with E-state index in [9.17, 15) is 10.1 Å². The van der Waals surface area contributed by atoms with Crippen LogP contribution in [0.15, 0.2) is 15.0 Å². The fourth-order valence-electron chi connectivity index (χ4n) is 3.26. The van der Waals surface area contributed by atoms with E-state index in [2.05, 4.69) is 36.8 Å². The van der Waals surface area contributed by atoms with Crippen LogP contribution >= 0.6 is 31.9 Å². The fraction of sp³-hybridized carbons (Fsp3) is 0.533. The minimum atomic E-state index is -0.410. The molecule has 0 spiro atoms. The lowest BCUT2D eigenvalue weighted by atomic mass is 10.2. The molecule has 0 saturated carbocycles. The number of rotatable bonds is 4. The molecule has 2 aromatic rings. The monoisotopic (exact) mass is 475 g/mol. The van der Waals surface area contributed by atoms with E-state index in [-0.39, 0.29) is 23.9 Å². The van der Waals surface area contributed by atoms with Crippen LogP contribution in [0.4, 0.5) is 11.6 Å². The number of nitrogens with two attached hydrogens (primary N) is 1. The lowest BCUT2D eigenvalue weighted by molar-refractivity contribution is -0.384. The van der Waals surface area contributed by atoms with Crippen LogP contribution in [-0.4, -0.2) is 46.8 Å². The van der Waals surface area contributed by atoms with Crippen LogP contribution in [0.5, 0.6) is 0 Å². The Balaban J connectivity index is 2.25. The van der Waals surface area contributed by atoms with E-state index in [4.69, 9.17) is 10.5 Å². The van der Waals surface area contributed by atoms with E-state index in [0.29, 0.717) is 39.0 Å². The van der Waals surface area contributed by atoms with Crippen molar-refractivity contribution in [3.63, 3.8) is 0 Å². The number of imidazole rings is 1. The predicted molar refractivity (Wildman–Crippen MR) is 103 cm³/mol. The second-order valence-electron chi connectivity index (χ2n) is 6.36. The zero-order valence-corrected chi connectivity index (χ0v) is 17.2. The van der Waals surface area contributed by atoms with E-state index >= 15 is 0 Å². The SMILES string of the molecule is COC1CN(c2nc3c([N+](=O)[O-])c(Br)c(Br)cc3n2C(C)C)CC1N. The van der Waals surface area contributed by atoms with Gasteiger partial charge in [-0.1, -0.05) is 0 Å². The summed E-state index contributed by atoms with van der Waals surface area (Å²) in [6.07, 6.45) is -0.0890. The maximum atomic E-state index is 11.6. The smallest absolute Gasteiger partial charge is 0.312 e. The Morgan fingerprint density at radius 3 is 2.64 bits per heavy atom. The number of anilines is 1. The van der Waals surface area contributed by atoms with Crippen molar-refractivity contribution in [1.29, 1.82) is 0 Å². The van der Waals surface area contributed by atoms with Crippen molar-refractivity contribution >= 4 is 54.5 Å². The van der Waals surface area contributed by atoms with Crippen LogP contribution in [-0.2, 0) is 4.74 Å². The van der Waals surface area contributed by atoms with E-state index in [1.165, 1.54) is 0 Å². The molecule has 1 aromatic heterocycles. The van der Waals surface area contributed by atoms with Crippen molar-refractivity contribution in [1.82, 2.24) is 9.55 Å². The number of methoxy groups -OCH3 is 1. The average molecular weight is 477 g/mol. The third-order valence-corrected chi connectivity index (χ3v) is 6.39. The summed E-state index contributed by atoms with van der Waals surface area (Å²) in [5.41, 5.74) is 7.16. The van der Waals surface area contributed by atoms with Crippen molar-refractivity contribution in [2.75, 3.05) is 25.1 Å². The van der Waals surface area contributed by atoms with Crippen LogP contribution in [0.1, 0.15) is 19.9 Å². The van der Waals surface area contributed by atoms with Crippen LogP contribution in [0.2, 0.25) is 0 Å². The third kappa shape index (κ3) is 3.05. The van der Waals surface area contributed by atoms with Crippen LogP contribution in [0.3, 0.4) is 0 Å². The van der Waals surface area contributed by atoms with Crippen LogP contribution in [0, 0.1) is 10.1 Å². The van der Waals surface area contributed by atoms with E-state index in [1.54, 1.807) is 7.11 Å². The zero-order chi connectivity index (χ0) is 18.5. The summed E-state index contributed by atoms with van der Waals surface area (Å²) in [7, 11) is 1.64. The molecule has 2 unspecified atom stereocenters. The van der Waals surface area contributed by atoms with Crippen molar-refractivity contribution in [2.45, 2.75) is 32.0 Å². The van der Waals surface area contributed by atoms with E-state index in [0.717, 1.165) is 0 Å². The quantitative estimate of drug-likeness (QED) is 0.537. The molecule has 2 atom stereocenters. The first-order chi connectivity index (χ1) is 11.8. The van der Waals surface area contributed by atoms with Gasteiger partial charge in [-0.3, -0.25) is 10.1 Å². The van der Waals surface area contributed by atoms with Gasteiger partial charge in [0.1, 0.15) is 4.47 Å². The summed E-state index contributed by atoms with van der Waals surface area (Å²) < 4.78 is 8.43. The van der Waals surface area contributed by atoms with E-state index in [1.807, 2.05) is 29.4 Å². The molecule has 1 saturated heterocycles. The molecule has 1 aliphatic rings. The maximum Gasteiger partial charge on any atom is 0.312 e. The van der Waals surface area contributed by atoms with Gasteiger partial charge in [-0.15, -0.1) is 0 Å². The highest BCUT2D eigenvalue weighted by Gasteiger charge is 2.35. The molecule has 0 radical (unpaired) electrons. The Kier molecular flexibility index (Phi) is 5.06. The number of ether oxygens (including phenoxy) is 1. The molecule has 0 amide bonds. The topological polar surface area (TPSA) is 99.5 Å². The predicted octanol–water partition coefficient (Wildman–Crippen LogP) is 3.21. The lowest BCUT2D eigenvalue weighted by Crippen LogP contribution is -2.34. The van der Waals surface area contributed by atoms with Gasteiger partial charge >= 0.3 is 5.69 Å². The summed E-state index contributed by atoms with van der Waals surface area (Å²) in [6.45, 7) is 5.24. The van der Waals surface area contributed by atoms with Gasteiger partial charge in [-0.25, -0.2) is 4.98 Å². The first-order valence-electron chi connectivity index (χ1n) is 7.83. The summed E-state index contributed by atoms with van der Waals surface area (Å²) in [5.74, 6) is 0.674. The van der Waals surface area contributed by atoms with Gasteiger partial charge in [0.25, 0.3) is 0 Å². The van der Waals surface area contributed by atoms with E-state index < -0.39 is 4.92 Å². The number of halogens is 2. The molecule has 0 bridgehead atoms. The van der Waals surface area contributed by atoms with Crippen molar-refractivity contribution in [3.05, 3.63) is 25.1 Å². The number of fused-ring (bicyclic) bond motifs is 1. The van der Waals surface area contributed by atoms with Crippen molar-refractivity contribution in [3.8, 4) is 0 Å². The molecular weight excluding hydrogens is 458 g/mol. The lowest BCUT2D eigenvalue weighted by Gasteiger charge is -2.21. The summed E-state index contributed by atoms with van der Waals surface area (Å²) >= 11 is 6.69. The number of benzene rings is 1. The van der Waals surface area contributed by atoms with Gasteiger partial charge in [-0.2, -0.15) is 0 Å². The second-order valence-corrected chi connectivity index (χ2v) is 8.01. The first kappa shape index (κ1) is 18.6. The zero-order valence-electron chi connectivity index (χ0n) is 14.1. The minimum Gasteiger partial charge on any atom is -0.378 e. The highest BCUT2D eigenvalue weighted by molar-refractivity contribution is 9.13. The van der Waals surface area contributed by atoms with Gasteiger partial charge in [0.15, 0.2) is 5.52 Å². The van der Waals surface area contributed by atoms with Crippen LogP contribution < -0.4 is 10.6 Å². The Morgan fingerprint density at radius 1 is 1.44 bits per heavy atom. The summed E-state index contributed by atoms with van der Waals surface area (Å²) in [4.78, 5) is 17.9. The largest absolute Gasteiger partial charge is 0.378 e. The standard InChI is InChI=1S/C15H19Br2N5O3/c1-7(2)21-10-4-8(16)12(17)14(22(23)24)13(10)19-15(21)20-5-9(18)11(6-20)25-3/h4,7,9,11H,5-6,18H2,1-3H3. The number of nitro benzene ring substituents is 1. The van der Waals surface area contributed by atoms with Crippen molar-refractivity contribution < 1.29 is 9.66 Å². The molecular formula is C15H19Br2N5O3. The molecule has 8 nitrogen and oxygen atoms in total. The molecule has 2 heterocycles. The highest BCUT2D eigenvalue weighted by atomic mass is 79.9. The number of nitrogens with zero attached hydrogens (tertiary/aromatic N) is 4. The minimum absolute atomic E-state index is 0.0446. The number of aromatic nitrogens is 2. The Morgan fingerprint density at radius 2 is 2.12 bits per heavy atom. The Bertz CT molecular complexity index is 838. The van der Waals surface area contributed by atoms with Crippen LogP contribution in [0.25, 0.3) is 11.0 Å². The third-order valence-electron chi connectivity index (χ3n) is 4.43. The summed E-state index contributed by atoms with van der Waals surface area (Å²) in [5, 5.41) is 11.6. The Hall–Kier alpha value is -1.23. The number of nitro groups is 1. The molecule has 1 aliphatic heterocycles. The van der Waals surface area contributed by atoms with Gasteiger partial charge < -0.3 is 19.9 Å². The van der Waals surface area contributed by atoms with Crippen molar-refractivity contribution in [2.24, 2.45) is 5.73 Å². The highest BCUT2D eigenvalue weighted by Crippen LogP contribution is 2.41.